The largest absolute Gasteiger partial charge is 0.493 e. The van der Waals surface area contributed by atoms with Gasteiger partial charge in [-0.15, -0.1) is 0 Å². The van der Waals surface area contributed by atoms with Crippen LogP contribution in [0.2, 0.25) is 0 Å². The number of hydrogen-bond donors (Lipinski definition) is 2. The molecule has 0 radical (unpaired) electrons. The molecule has 1 aliphatic rings. The lowest BCUT2D eigenvalue weighted by molar-refractivity contribution is 0.356. The van der Waals surface area contributed by atoms with E-state index in [1.807, 2.05) is 18.2 Å². The number of fused-ring (bicyclic) bond motifs is 1. The monoisotopic (exact) mass is 302 g/mol. The normalized spacial score (nSPS) is 13.0. The lowest BCUT2D eigenvalue weighted by Crippen LogP contribution is -2.38. The molecule has 0 spiro atoms. The maximum Gasteiger partial charge on any atom is 0.355 e. The van der Waals surface area contributed by atoms with Crippen LogP contribution in [0.15, 0.2) is 27.8 Å². The van der Waals surface area contributed by atoms with Gasteiger partial charge in [-0.25, -0.2) is 14.2 Å². The van der Waals surface area contributed by atoms with Crippen molar-refractivity contribution in [1.82, 2.24) is 14.5 Å². The van der Waals surface area contributed by atoms with Crippen LogP contribution in [0.25, 0.3) is 0 Å². The van der Waals surface area contributed by atoms with Crippen LogP contribution < -0.4 is 21.4 Å². The zero-order valence-electron chi connectivity index (χ0n) is 12.5. The average Bonchev–Trinajstić information content (AvgIpc) is 2.91. The Morgan fingerprint density at radius 3 is 2.95 bits per heavy atom. The second-order valence-corrected chi connectivity index (χ2v) is 5.53. The zero-order chi connectivity index (χ0) is 15.7. The van der Waals surface area contributed by atoms with E-state index >= 15 is 0 Å². The summed E-state index contributed by atoms with van der Waals surface area (Å²) >= 11 is 0. The Balaban J connectivity index is 1.77. The SMILES string of the molecule is CC(C)n1c(=O)nc(NCc2ccc3c(c2)OCC3)[nH]c1=O. The van der Waals surface area contributed by atoms with Gasteiger partial charge < -0.3 is 10.1 Å². The number of nitrogens with zero attached hydrogens (tertiary/aromatic N) is 2. The van der Waals surface area contributed by atoms with Crippen LogP contribution in [-0.4, -0.2) is 21.1 Å². The standard InChI is InChI=1S/C15H18N4O3/c1-9(2)19-14(20)17-13(18-15(19)21)16-8-10-3-4-11-5-6-22-12(11)7-10/h3-4,7,9H,5-6,8H2,1-2H3,(H2,16,17,18,20,21). The molecule has 2 heterocycles. The summed E-state index contributed by atoms with van der Waals surface area (Å²) in [5.41, 5.74) is 1.18. The summed E-state index contributed by atoms with van der Waals surface area (Å²) in [6.07, 6.45) is 0.936. The minimum Gasteiger partial charge on any atom is -0.493 e. The molecule has 1 aromatic carbocycles. The molecule has 0 saturated heterocycles. The molecule has 7 heteroatoms. The molecule has 0 saturated carbocycles. The number of aromatic amines is 1. The van der Waals surface area contributed by atoms with Crippen molar-refractivity contribution < 1.29 is 4.74 Å². The van der Waals surface area contributed by atoms with Crippen LogP contribution in [0, 0.1) is 0 Å². The third kappa shape index (κ3) is 2.74. The average molecular weight is 302 g/mol. The maximum atomic E-state index is 11.9. The molecule has 0 atom stereocenters. The molecular weight excluding hydrogens is 284 g/mol. The summed E-state index contributed by atoms with van der Waals surface area (Å²) in [4.78, 5) is 30.1. The van der Waals surface area contributed by atoms with E-state index in [0.717, 1.165) is 22.3 Å². The first-order chi connectivity index (χ1) is 10.5. The summed E-state index contributed by atoms with van der Waals surface area (Å²) < 4.78 is 6.59. The predicted octanol–water partition coefficient (Wildman–Crippen LogP) is 1.06. The second-order valence-electron chi connectivity index (χ2n) is 5.53. The van der Waals surface area contributed by atoms with Crippen molar-refractivity contribution in [1.29, 1.82) is 0 Å². The highest BCUT2D eigenvalue weighted by Gasteiger charge is 2.12. The van der Waals surface area contributed by atoms with E-state index in [1.54, 1.807) is 13.8 Å². The van der Waals surface area contributed by atoms with Crippen molar-refractivity contribution in [3.05, 3.63) is 50.3 Å². The fourth-order valence-electron chi connectivity index (χ4n) is 2.47. The minimum atomic E-state index is -0.557. The summed E-state index contributed by atoms with van der Waals surface area (Å²) in [7, 11) is 0. The van der Waals surface area contributed by atoms with E-state index in [9.17, 15) is 9.59 Å². The number of nitrogens with one attached hydrogen (secondary N) is 2. The van der Waals surface area contributed by atoms with Gasteiger partial charge in [0.05, 0.1) is 6.61 Å². The van der Waals surface area contributed by atoms with Crippen molar-refractivity contribution in [2.75, 3.05) is 11.9 Å². The highest BCUT2D eigenvalue weighted by Crippen LogP contribution is 2.26. The van der Waals surface area contributed by atoms with Gasteiger partial charge in [-0.2, -0.15) is 4.98 Å². The Morgan fingerprint density at radius 1 is 1.41 bits per heavy atom. The predicted molar refractivity (Wildman–Crippen MR) is 82.5 cm³/mol. The molecule has 2 aromatic rings. The van der Waals surface area contributed by atoms with Gasteiger partial charge in [0.15, 0.2) is 0 Å². The van der Waals surface area contributed by atoms with Gasteiger partial charge in [0, 0.05) is 19.0 Å². The van der Waals surface area contributed by atoms with Crippen molar-refractivity contribution in [3.8, 4) is 5.75 Å². The highest BCUT2D eigenvalue weighted by molar-refractivity contribution is 5.41. The summed E-state index contributed by atoms with van der Waals surface area (Å²) in [5.74, 6) is 1.07. The quantitative estimate of drug-likeness (QED) is 0.881. The first-order valence-electron chi connectivity index (χ1n) is 7.26. The number of aromatic nitrogens is 3. The van der Waals surface area contributed by atoms with Crippen LogP contribution >= 0.6 is 0 Å². The number of H-pyrrole nitrogens is 1. The Bertz CT molecular complexity index is 776. The number of rotatable bonds is 4. The van der Waals surface area contributed by atoms with Gasteiger partial charge in [-0.3, -0.25) is 4.98 Å². The molecule has 0 fully saturated rings. The molecule has 0 aliphatic carbocycles. The topological polar surface area (TPSA) is 89.0 Å². The third-order valence-corrected chi connectivity index (χ3v) is 3.59. The van der Waals surface area contributed by atoms with Crippen molar-refractivity contribution >= 4 is 5.95 Å². The number of anilines is 1. The molecule has 0 unspecified atom stereocenters. The van der Waals surface area contributed by atoms with Crippen LogP contribution in [0.1, 0.15) is 31.0 Å². The van der Waals surface area contributed by atoms with Crippen LogP contribution in [0.4, 0.5) is 5.95 Å². The minimum absolute atomic E-state index is 0.174. The van der Waals surface area contributed by atoms with E-state index in [2.05, 4.69) is 15.3 Å². The number of ether oxygens (including phenoxy) is 1. The highest BCUT2D eigenvalue weighted by atomic mass is 16.5. The molecule has 3 rings (SSSR count). The van der Waals surface area contributed by atoms with E-state index in [-0.39, 0.29) is 12.0 Å². The van der Waals surface area contributed by atoms with Gasteiger partial charge in [0.25, 0.3) is 0 Å². The first kappa shape index (κ1) is 14.4. The molecule has 116 valence electrons. The lowest BCUT2D eigenvalue weighted by atomic mass is 10.1. The van der Waals surface area contributed by atoms with Gasteiger partial charge in [-0.05, 0) is 31.0 Å². The lowest BCUT2D eigenvalue weighted by Gasteiger charge is -2.10. The summed E-state index contributed by atoms with van der Waals surface area (Å²) in [6, 6.07) is 5.76. The van der Waals surface area contributed by atoms with Crippen LogP contribution in [0.5, 0.6) is 5.75 Å². The second kappa shape index (κ2) is 5.67. The van der Waals surface area contributed by atoms with Crippen molar-refractivity contribution in [2.24, 2.45) is 0 Å². The molecule has 1 aliphatic heterocycles. The summed E-state index contributed by atoms with van der Waals surface area (Å²) in [6.45, 7) is 4.69. The Kier molecular flexibility index (Phi) is 3.70. The van der Waals surface area contributed by atoms with Gasteiger partial charge >= 0.3 is 11.4 Å². The molecule has 1 aromatic heterocycles. The Morgan fingerprint density at radius 2 is 2.23 bits per heavy atom. The van der Waals surface area contributed by atoms with Crippen LogP contribution in [0.3, 0.4) is 0 Å². The van der Waals surface area contributed by atoms with E-state index in [0.29, 0.717) is 13.2 Å². The Labute approximate surface area is 127 Å². The third-order valence-electron chi connectivity index (χ3n) is 3.59. The Hall–Kier alpha value is -2.57. The number of hydrogen-bond acceptors (Lipinski definition) is 5. The van der Waals surface area contributed by atoms with Gasteiger partial charge in [0.2, 0.25) is 5.95 Å². The van der Waals surface area contributed by atoms with E-state index in [4.69, 9.17) is 4.74 Å². The molecule has 0 amide bonds. The molecule has 2 N–H and O–H groups in total. The fraction of sp³-hybridized carbons (Fsp3) is 0.400. The molecular formula is C15H18N4O3. The summed E-state index contributed by atoms with van der Waals surface area (Å²) in [5, 5.41) is 2.96. The van der Waals surface area contributed by atoms with Crippen LogP contribution in [-0.2, 0) is 13.0 Å². The molecule has 22 heavy (non-hydrogen) atoms. The van der Waals surface area contributed by atoms with Gasteiger partial charge in [0.1, 0.15) is 5.75 Å². The fourth-order valence-corrected chi connectivity index (χ4v) is 2.47. The van der Waals surface area contributed by atoms with Crippen molar-refractivity contribution in [3.63, 3.8) is 0 Å². The van der Waals surface area contributed by atoms with Crippen molar-refractivity contribution in [2.45, 2.75) is 32.9 Å². The van der Waals surface area contributed by atoms with E-state index < -0.39 is 11.4 Å². The molecule has 7 nitrogen and oxygen atoms in total. The molecule has 0 bridgehead atoms. The maximum absolute atomic E-state index is 11.9. The van der Waals surface area contributed by atoms with E-state index in [1.165, 1.54) is 5.56 Å². The number of benzene rings is 1. The van der Waals surface area contributed by atoms with Gasteiger partial charge in [-0.1, -0.05) is 12.1 Å². The zero-order valence-corrected chi connectivity index (χ0v) is 12.5. The first-order valence-corrected chi connectivity index (χ1v) is 7.26. The smallest absolute Gasteiger partial charge is 0.355 e.